The molecular formula is C18H26N2O2. The zero-order valence-electron chi connectivity index (χ0n) is 13.6. The van der Waals surface area contributed by atoms with Crippen LogP contribution in [0.25, 0.3) is 0 Å². The number of fused-ring (bicyclic) bond motifs is 1. The van der Waals surface area contributed by atoms with Crippen molar-refractivity contribution >= 4 is 5.91 Å². The summed E-state index contributed by atoms with van der Waals surface area (Å²) >= 11 is 0. The Morgan fingerprint density at radius 1 is 1.09 bits per heavy atom. The molecule has 3 rings (SSSR count). The topological polar surface area (TPSA) is 32.8 Å². The van der Waals surface area contributed by atoms with Crippen LogP contribution in [0, 0.1) is 0 Å². The summed E-state index contributed by atoms with van der Waals surface area (Å²) in [5, 5.41) is 0. The van der Waals surface area contributed by atoms with Gasteiger partial charge in [-0.15, -0.1) is 0 Å². The number of hydrogen-bond donors (Lipinski definition) is 0. The maximum atomic E-state index is 12.6. The summed E-state index contributed by atoms with van der Waals surface area (Å²) in [6.45, 7) is 8.00. The van der Waals surface area contributed by atoms with E-state index in [9.17, 15) is 4.79 Å². The van der Waals surface area contributed by atoms with E-state index in [0.29, 0.717) is 6.54 Å². The molecule has 1 aromatic carbocycles. The van der Waals surface area contributed by atoms with Crippen molar-refractivity contribution < 1.29 is 9.53 Å². The predicted octanol–water partition coefficient (Wildman–Crippen LogP) is 1.72. The average Bonchev–Trinajstić information content (AvgIpc) is 2.69. The van der Waals surface area contributed by atoms with Crippen LogP contribution >= 0.6 is 0 Å². The molecule has 1 fully saturated rings. The molecule has 2 aliphatic heterocycles. The van der Waals surface area contributed by atoms with Gasteiger partial charge in [-0.3, -0.25) is 9.69 Å². The molecule has 4 heteroatoms. The number of carbonyl (C=O) groups is 1. The number of benzene rings is 1. The third-order valence-electron chi connectivity index (χ3n) is 4.64. The minimum Gasteiger partial charge on any atom is -0.372 e. The fraction of sp³-hybridized carbons (Fsp3) is 0.611. The van der Waals surface area contributed by atoms with Crippen molar-refractivity contribution in [3.05, 3.63) is 35.4 Å². The Hall–Kier alpha value is -1.39. The van der Waals surface area contributed by atoms with Crippen LogP contribution in [0.5, 0.6) is 0 Å². The molecule has 0 radical (unpaired) electrons. The third-order valence-corrected chi connectivity index (χ3v) is 4.64. The second kappa shape index (κ2) is 6.80. The molecule has 0 bridgehead atoms. The monoisotopic (exact) mass is 302 g/mol. The van der Waals surface area contributed by atoms with Crippen molar-refractivity contribution in [2.45, 2.75) is 38.9 Å². The molecule has 0 aliphatic carbocycles. The Morgan fingerprint density at radius 3 is 2.18 bits per heavy atom. The van der Waals surface area contributed by atoms with Crippen LogP contribution in [0.15, 0.2) is 24.3 Å². The fourth-order valence-electron chi connectivity index (χ4n) is 3.55. The minimum absolute atomic E-state index is 0.140. The summed E-state index contributed by atoms with van der Waals surface area (Å²) in [6, 6.07) is 8.64. The zero-order valence-corrected chi connectivity index (χ0v) is 13.6. The van der Waals surface area contributed by atoms with Gasteiger partial charge in [0.2, 0.25) is 5.91 Å². The smallest absolute Gasteiger partial charge is 0.236 e. The molecule has 2 aliphatic rings. The predicted molar refractivity (Wildman–Crippen MR) is 86.9 cm³/mol. The molecule has 2 heterocycles. The van der Waals surface area contributed by atoms with Crippen molar-refractivity contribution in [2.75, 3.05) is 32.7 Å². The van der Waals surface area contributed by atoms with E-state index in [0.717, 1.165) is 39.0 Å². The number of hydrogen-bond acceptors (Lipinski definition) is 3. The summed E-state index contributed by atoms with van der Waals surface area (Å²) < 4.78 is 5.71. The maximum Gasteiger partial charge on any atom is 0.236 e. The minimum atomic E-state index is 0.140. The number of amides is 1. The highest BCUT2D eigenvalue weighted by atomic mass is 16.5. The van der Waals surface area contributed by atoms with Crippen molar-refractivity contribution in [3.63, 3.8) is 0 Å². The van der Waals surface area contributed by atoms with E-state index in [1.54, 1.807) is 0 Å². The van der Waals surface area contributed by atoms with Crippen LogP contribution in [-0.2, 0) is 22.4 Å². The lowest BCUT2D eigenvalue weighted by Gasteiger charge is -2.36. The summed E-state index contributed by atoms with van der Waals surface area (Å²) in [5.74, 6) is 0.243. The molecule has 22 heavy (non-hydrogen) atoms. The van der Waals surface area contributed by atoms with E-state index >= 15 is 0 Å². The molecule has 0 spiro atoms. The third kappa shape index (κ3) is 3.68. The molecule has 120 valence electrons. The van der Waals surface area contributed by atoms with E-state index in [4.69, 9.17) is 4.74 Å². The quantitative estimate of drug-likeness (QED) is 0.834. The number of rotatable bonds is 2. The Bertz CT molecular complexity index is 495. The highest BCUT2D eigenvalue weighted by molar-refractivity contribution is 5.78. The second-order valence-corrected chi connectivity index (χ2v) is 6.60. The Morgan fingerprint density at radius 2 is 1.64 bits per heavy atom. The summed E-state index contributed by atoms with van der Waals surface area (Å²) in [5.41, 5.74) is 2.87. The first kappa shape index (κ1) is 15.5. The molecule has 1 aromatic rings. The number of ether oxygens (including phenoxy) is 1. The molecule has 0 aromatic heterocycles. The lowest BCUT2D eigenvalue weighted by molar-refractivity contribution is -0.144. The molecular weight excluding hydrogens is 276 g/mol. The normalized spacial score (nSPS) is 26.4. The summed E-state index contributed by atoms with van der Waals surface area (Å²) in [4.78, 5) is 16.8. The molecule has 0 saturated carbocycles. The van der Waals surface area contributed by atoms with Gasteiger partial charge < -0.3 is 9.64 Å². The highest BCUT2D eigenvalue weighted by Crippen LogP contribution is 2.16. The molecule has 2 unspecified atom stereocenters. The second-order valence-electron chi connectivity index (χ2n) is 6.60. The van der Waals surface area contributed by atoms with E-state index in [1.165, 1.54) is 11.1 Å². The Kier molecular flexibility index (Phi) is 4.79. The van der Waals surface area contributed by atoms with Crippen molar-refractivity contribution in [1.29, 1.82) is 0 Å². The first-order valence-corrected chi connectivity index (χ1v) is 8.34. The molecule has 2 atom stereocenters. The van der Waals surface area contributed by atoms with Gasteiger partial charge in [0.25, 0.3) is 0 Å². The van der Waals surface area contributed by atoms with Crippen molar-refractivity contribution in [1.82, 2.24) is 9.80 Å². The lowest BCUT2D eigenvalue weighted by atomic mass is 10.0. The standard InChI is InChI=1S/C18H26N2O2/c1-14-11-20(12-15(2)22-14)18(21)13-19-9-7-16-5-3-4-6-17(16)8-10-19/h3-6,14-15H,7-13H2,1-2H3. The van der Waals surface area contributed by atoms with Crippen LogP contribution < -0.4 is 0 Å². The SMILES string of the molecule is CC1CN(C(=O)CN2CCc3ccccc3CC2)CC(C)O1. The van der Waals surface area contributed by atoms with Gasteiger partial charge in [0.15, 0.2) is 0 Å². The van der Waals surface area contributed by atoms with Crippen LogP contribution in [-0.4, -0.2) is 60.6 Å². The maximum absolute atomic E-state index is 12.6. The van der Waals surface area contributed by atoms with Gasteiger partial charge in [0.05, 0.1) is 18.8 Å². The molecule has 4 nitrogen and oxygen atoms in total. The van der Waals surface area contributed by atoms with Crippen LogP contribution in [0.3, 0.4) is 0 Å². The van der Waals surface area contributed by atoms with Gasteiger partial charge in [-0.1, -0.05) is 24.3 Å². The van der Waals surface area contributed by atoms with E-state index < -0.39 is 0 Å². The van der Waals surface area contributed by atoms with Gasteiger partial charge >= 0.3 is 0 Å². The van der Waals surface area contributed by atoms with Crippen LogP contribution in [0.2, 0.25) is 0 Å². The molecule has 1 saturated heterocycles. The lowest BCUT2D eigenvalue weighted by Crippen LogP contribution is -2.51. The van der Waals surface area contributed by atoms with Gasteiger partial charge in [0, 0.05) is 26.2 Å². The first-order chi connectivity index (χ1) is 10.6. The highest BCUT2D eigenvalue weighted by Gasteiger charge is 2.27. The van der Waals surface area contributed by atoms with Crippen LogP contribution in [0.1, 0.15) is 25.0 Å². The largest absolute Gasteiger partial charge is 0.372 e. The summed E-state index contributed by atoms with van der Waals surface area (Å²) in [7, 11) is 0. The zero-order chi connectivity index (χ0) is 15.5. The van der Waals surface area contributed by atoms with E-state index in [-0.39, 0.29) is 18.1 Å². The van der Waals surface area contributed by atoms with Gasteiger partial charge in [-0.05, 0) is 37.8 Å². The molecule has 0 N–H and O–H groups in total. The Balaban J connectivity index is 1.56. The van der Waals surface area contributed by atoms with Crippen molar-refractivity contribution in [2.24, 2.45) is 0 Å². The Labute approximate surface area is 133 Å². The van der Waals surface area contributed by atoms with Gasteiger partial charge in [0.1, 0.15) is 0 Å². The molecule has 1 amide bonds. The van der Waals surface area contributed by atoms with E-state index in [1.807, 2.05) is 18.7 Å². The number of nitrogens with zero attached hydrogens (tertiary/aromatic N) is 2. The van der Waals surface area contributed by atoms with E-state index in [2.05, 4.69) is 29.2 Å². The van der Waals surface area contributed by atoms with Gasteiger partial charge in [-0.2, -0.15) is 0 Å². The van der Waals surface area contributed by atoms with Crippen LogP contribution in [0.4, 0.5) is 0 Å². The fourth-order valence-corrected chi connectivity index (χ4v) is 3.55. The van der Waals surface area contributed by atoms with Crippen molar-refractivity contribution in [3.8, 4) is 0 Å². The summed E-state index contributed by atoms with van der Waals surface area (Å²) in [6.07, 6.45) is 2.36. The first-order valence-electron chi connectivity index (χ1n) is 8.34. The number of morpholine rings is 1. The average molecular weight is 302 g/mol. The van der Waals surface area contributed by atoms with Gasteiger partial charge in [-0.25, -0.2) is 0 Å². The number of carbonyl (C=O) groups excluding carboxylic acids is 1.